The van der Waals surface area contributed by atoms with Gasteiger partial charge in [0, 0.05) is 42.4 Å². The number of aromatic nitrogens is 4. The summed E-state index contributed by atoms with van der Waals surface area (Å²) < 4.78 is 1.96. The van der Waals surface area contributed by atoms with Crippen LogP contribution < -0.4 is 0 Å². The van der Waals surface area contributed by atoms with Gasteiger partial charge in [-0.15, -0.1) is 0 Å². The van der Waals surface area contributed by atoms with Crippen LogP contribution in [0.5, 0.6) is 0 Å². The highest BCUT2D eigenvalue weighted by Crippen LogP contribution is 2.23. The van der Waals surface area contributed by atoms with Crippen LogP contribution in [0.25, 0.3) is 5.65 Å². The van der Waals surface area contributed by atoms with E-state index in [0.717, 1.165) is 43.1 Å². The van der Waals surface area contributed by atoms with Crippen LogP contribution in [0, 0.1) is 19.8 Å². The van der Waals surface area contributed by atoms with Crippen molar-refractivity contribution < 1.29 is 0 Å². The number of likely N-dealkylation sites (tertiary alicyclic amines) is 1. The molecule has 0 N–H and O–H groups in total. The molecule has 0 amide bonds. The molecule has 5 nitrogen and oxygen atoms in total. The molecule has 4 heterocycles. The molecule has 1 fully saturated rings. The Labute approximate surface area is 148 Å². The maximum absolute atomic E-state index is 4.71. The van der Waals surface area contributed by atoms with Crippen LogP contribution in [0.2, 0.25) is 0 Å². The van der Waals surface area contributed by atoms with Gasteiger partial charge in [-0.05, 0) is 63.3 Å². The summed E-state index contributed by atoms with van der Waals surface area (Å²) in [6.45, 7) is 7.36. The Bertz CT molecular complexity index is 855. The molecule has 3 aromatic rings. The third-order valence-electron chi connectivity index (χ3n) is 5.10. The highest BCUT2D eigenvalue weighted by atomic mass is 15.3. The minimum Gasteiger partial charge on any atom is -0.299 e. The average molecular weight is 335 g/mol. The van der Waals surface area contributed by atoms with E-state index in [1.54, 1.807) is 0 Å². The summed E-state index contributed by atoms with van der Waals surface area (Å²) in [7, 11) is 0. The van der Waals surface area contributed by atoms with Gasteiger partial charge in [0.05, 0.1) is 6.20 Å². The summed E-state index contributed by atoms with van der Waals surface area (Å²) in [5.74, 6) is 0.705. The fraction of sp³-hybridized carbons (Fsp3) is 0.450. The topological polar surface area (TPSA) is 46.3 Å². The third-order valence-corrected chi connectivity index (χ3v) is 5.10. The van der Waals surface area contributed by atoms with Crippen molar-refractivity contribution in [1.82, 2.24) is 24.5 Å². The highest BCUT2D eigenvalue weighted by molar-refractivity contribution is 5.47. The molecule has 0 spiro atoms. The Balaban J connectivity index is 1.47. The Kier molecular flexibility index (Phi) is 4.49. The molecule has 3 aromatic heterocycles. The van der Waals surface area contributed by atoms with Crippen LogP contribution in [-0.4, -0.2) is 37.6 Å². The van der Waals surface area contributed by atoms with E-state index in [0.29, 0.717) is 5.92 Å². The van der Waals surface area contributed by atoms with Gasteiger partial charge >= 0.3 is 0 Å². The molecule has 5 heteroatoms. The summed E-state index contributed by atoms with van der Waals surface area (Å²) in [5, 5.41) is 4.53. The van der Waals surface area contributed by atoms with Crippen molar-refractivity contribution in [1.29, 1.82) is 0 Å². The predicted molar refractivity (Wildman–Crippen MR) is 98.4 cm³/mol. The summed E-state index contributed by atoms with van der Waals surface area (Å²) in [5.41, 5.74) is 5.78. The summed E-state index contributed by atoms with van der Waals surface area (Å²) in [6, 6.07) is 6.30. The first-order valence-electron chi connectivity index (χ1n) is 9.11. The largest absolute Gasteiger partial charge is 0.299 e. The molecule has 1 atom stereocenters. The monoisotopic (exact) mass is 335 g/mol. The molecule has 130 valence electrons. The van der Waals surface area contributed by atoms with E-state index >= 15 is 0 Å². The number of hydrogen-bond acceptors (Lipinski definition) is 4. The van der Waals surface area contributed by atoms with Gasteiger partial charge in [0.25, 0.3) is 0 Å². The molecule has 0 unspecified atom stereocenters. The van der Waals surface area contributed by atoms with Gasteiger partial charge in [-0.3, -0.25) is 9.88 Å². The second kappa shape index (κ2) is 6.92. The van der Waals surface area contributed by atoms with E-state index in [9.17, 15) is 0 Å². The SMILES string of the molecule is Cc1cc(C)n2ncc(CN3CCC[C@H](Cc4cccnc4)C3)c2n1. The Morgan fingerprint density at radius 2 is 2.16 bits per heavy atom. The lowest BCUT2D eigenvalue weighted by molar-refractivity contribution is 0.167. The third kappa shape index (κ3) is 3.56. The van der Waals surface area contributed by atoms with E-state index < -0.39 is 0 Å². The summed E-state index contributed by atoms with van der Waals surface area (Å²) >= 11 is 0. The van der Waals surface area contributed by atoms with E-state index in [1.165, 1.54) is 24.0 Å². The van der Waals surface area contributed by atoms with Gasteiger partial charge in [0.2, 0.25) is 0 Å². The molecule has 0 aliphatic carbocycles. The molecule has 1 saturated heterocycles. The molecule has 1 aliphatic rings. The van der Waals surface area contributed by atoms with Crippen molar-refractivity contribution in [2.75, 3.05) is 13.1 Å². The number of aryl methyl sites for hydroxylation is 2. The van der Waals surface area contributed by atoms with Crippen molar-refractivity contribution in [3.63, 3.8) is 0 Å². The first-order chi connectivity index (χ1) is 12.2. The maximum atomic E-state index is 4.71. The van der Waals surface area contributed by atoms with Gasteiger partial charge in [0.1, 0.15) is 0 Å². The van der Waals surface area contributed by atoms with Crippen molar-refractivity contribution in [2.24, 2.45) is 5.92 Å². The Morgan fingerprint density at radius 1 is 1.24 bits per heavy atom. The summed E-state index contributed by atoms with van der Waals surface area (Å²) in [4.78, 5) is 11.5. The van der Waals surface area contributed by atoms with Crippen LogP contribution in [0.1, 0.15) is 35.4 Å². The number of nitrogens with zero attached hydrogens (tertiary/aromatic N) is 5. The van der Waals surface area contributed by atoms with Gasteiger partial charge < -0.3 is 0 Å². The van der Waals surface area contributed by atoms with Crippen molar-refractivity contribution in [3.8, 4) is 0 Å². The van der Waals surface area contributed by atoms with Crippen molar-refractivity contribution in [2.45, 2.75) is 39.7 Å². The first-order valence-corrected chi connectivity index (χ1v) is 9.11. The van der Waals surface area contributed by atoms with E-state index in [-0.39, 0.29) is 0 Å². The van der Waals surface area contributed by atoms with Gasteiger partial charge in [-0.25, -0.2) is 9.50 Å². The molecule has 0 radical (unpaired) electrons. The zero-order valence-corrected chi connectivity index (χ0v) is 15.0. The number of hydrogen-bond donors (Lipinski definition) is 0. The molecule has 0 aromatic carbocycles. The standard InChI is InChI=1S/C20H25N5/c1-15-9-16(2)25-20(23-15)19(12-22-25)14-24-8-4-6-18(13-24)10-17-5-3-7-21-11-17/h3,5,7,9,11-12,18H,4,6,8,10,13-14H2,1-2H3/t18-/m1/s1. The van der Waals surface area contributed by atoms with Crippen LogP contribution in [-0.2, 0) is 13.0 Å². The van der Waals surface area contributed by atoms with Crippen LogP contribution in [0.15, 0.2) is 36.8 Å². The minimum atomic E-state index is 0.705. The van der Waals surface area contributed by atoms with Gasteiger partial charge in [-0.1, -0.05) is 6.07 Å². The van der Waals surface area contributed by atoms with E-state index in [4.69, 9.17) is 4.98 Å². The first kappa shape index (κ1) is 16.2. The minimum absolute atomic E-state index is 0.705. The molecule has 25 heavy (non-hydrogen) atoms. The van der Waals surface area contributed by atoms with Gasteiger partial charge in [0.15, 0.2) is 5.65 Å². The zero-order chi connectivity index (χ0) is 17.2. The van der Waals surface area contributed by atoms with Crippen LogP contribution in [0.4, 0.5) is 0 Å². The lowest BCUT2D eigenvalue weighted by atomic mass is 9.92. The second-order valence-corrected chi connectivity index (χ2v) is 7.25. The average Bonchev–Trinajstić information content (AvgIpc) is 2.99. The second-order valence-electron chi connectivity index (χ2n) is 7.25. The number of pyridine rings is 1. The maximum Gasteiger partial charge on any atom is 0.159 e. The predicted octanol–water partition coefficient (Wildman–Crippen LogP) is 3.20. The highest BCUT2D eigenvalue weighted by Gasteiger charge is 2.21. The number of fused-ring (bicyclic) bond motifs is 1. The van der Waals surface area contributed by atoms with E-state index in [2.05, 4.69) is 41.0 Å². The quantitative estimate of drug-likeness (QED) is 0.734. The van der Waals surface area contributed by atoms with Crippen molar-refractivity contribution >= 4 is 5.65 Å². The number of piperidine rings is 1. The molecule has 1 aliphatic heterocycles. The Hall–Kier alpha value is -2.27. The summed E-state index contributed by atoms with van der Waals surface area (Å²) in [6.07, 6.45) is 9.51. The molecule has 4 rings (SSSR count). The normalized spacial score (nSPS) is 18.7. The Morgan fingerprint density at radius 3 is 3.00 bits per heavy atom. The van der Waals surface area contributed by atoms with Crippen LogP contribution in [0.3, 0.4) is 0 Å². The smallest absolute Gasteiger partial charge is 0.159 e. The van der Waals surface area contributed by atoms with Crippen LogP contribution >= 0.6 is 0 Å². The molecular weight excluding hydrogens is 310 g/mol. The number of rotatable bonds is 4. The van der Waals surface area contributed by atoms with Crippen molar-refractivity contribution in [3.05, 3.63) is 59.3 Å². The lowest BCUT2D eigenvalue weighted by Gasteiger charge is -2.32. The lowest BCUT2D eigenvalue weighted by Crippen LogP contribution is -2.35. The van der Waals surface area contributed by atoms with Gasteiger partial charge in [-0.2, -0.15) is 5.10 Å². The zero-order valence-electron chi connectivity index (χ0n) is 15.0. The molecular formula is C20H25N5. The fourth-order valence-corrected chi connectivity index (χ4v) is 3.98. The fourth-order valence-electron chi connectivity index (χ4n) is 3.98. The molecule has 0 bridgehead atoms. The van der Waals surface area contributed by atoms with E-state index in [1.807, 2.05) is 29.2 Å². The molecule has 0 saturated carbocycles.